The van der Waals surface area contributed by atoms with E-state index in [1.165, 1.54) is 13.2 Å². The van der Waals surface area contributed by atoms with Crippen LogP contribution in [0.4, 0.5) is 13.2 Å². The van der Waals surface area contributed by atoms with Gasteiger partial charge in [-0.1, -0.05) is 49.1 Å². The van der Waals surface area contributed by atoms with Crippen molar-refractivity contribution in [1.82, 2.24) is 4.57 Å². The lowest BCUT2D eigenvalue weighted by molar-refractivity contribution is -0.137. The first-order valence-electron chi connectivity index (χ1n) is 12.9. The molecule has 0 saturated carbocycles. The lowest BCUT2D eigenvalue weighted by atomic mass is 10.0. The number of methoxy groups -OCH3 is 1. The minimum absolute atomic E-state index is 0.120. The summed E-state index contributed by atoms with van der Waals surface area (Å²) in [5.74, 6) is -0.472. The maximum absolute atomic E-state index is 13.4. The number of unbranched alkanes of at least 4 members (excludes halogenated alkanes) is 4. The number of aromatic nitrogens is 1. The number of ether oxygens (including phenoxy) is 1. The maximum atomic E-state index is 13.4. The molecule has 1 aromatic heterocycles. The van der Waals surface area contributed by atoms with Gasteiger partial charge in [-0.15, -0.1) is 0 Å². The van der Waals surface area contributed by atoms with E-state index in [0.717, 1.165) is 49.8 Å². The number of hydrogen-bond donors (Lipinski definition) is 0. The molecule has 204 valence electrons. The van der Waals surface area contributed by atoms with Crippen molar-refractivity contribution in [2.24, 2.45) is 0 Å². The Kier molecular flexibility index (Phi) is 9.12. The zero-order valence-corrected chi connectivity index (χ0v) is 22.3. The number of carbonyl (C=O) groups is 2. The van der Waals surface area contributed by atoms with Crippen LogP contribution in [0.25, 0.3) is 16.6 Å². The van der Waals surface area contributed by atoms with Gasteiger partial charge in [-0.25, -0.2) is 4.79 Å². The van der Waals surface area contributed by atoms with Crippen LogP contribution in [0.3, 0.4) is 0 Å². The molecule has 0 amide bonds. The summed E-state index contributed by atoms with van der Waals surface area (Å²) in [5.41, 5.74) is 2.17. The molecule has 0 aliphatic rings. The molecular formula is C31H29ClF3NO3. The number of esters is 1. The Morgan fingerprint density at radius 2 is 1.59 bits per heavy atom. The molecular weight excluding hydrogens is 527 g/mol. The van der Waals surface area contributed by atoms with Gasteiger partial charge < -0.3 is 9.30 Å². The van der Waals surface area contributed by atoms with Crippen LogP contribution in [0, 0.1) is 0 Å². The molecule has 3 aromatic carbocycles. The molecule has 0 radical (unpaired) electrons. The number of Topliss-reactive ketones (excluding diaryl/α,β-unsaturated/α-hetero) is 1. The maximum Gasteiger partial charge on any atom is 0.416 e. The van der Waals surface area contributed by atoms with Crippen molar-refractivity contribution in [1.29, 1.82) is 0 Å². The highest BCUT2D eigenvalue weighted by molar-refractivity contribution is 6.31. The van der Waals surface area contributed by atoms with E-state index in [4.69, 9.17) is 16.3 Å². The van der Waals surface area contributed by atoms with Crippen LogP contribution in [-0.4, -0.2) is 23.4 Å². The second-order valence-corrected chi connectivity index (χ2v) is 9.93. The second kappa shape index (κ2) is 12.5. The predicted octanol–water partition coefficient (Wildman–Crippen LogP) is 8.86. The SMILES string of the molecule is COC(=O)c1ccc(CCCCCCCC(=O)c2cc3cc(Cl)ccc3n2-c2cccc(C(F)(F)F)c2)cc1. The number of aryl methyl sites for hydroxylation is 1. The number of rotatable bonds is 11. The summed E-state index contributed by atoms with van der Waals surface area (Å²) in [6, 6.07) is 19.2. The van der Waals surface area contributed by atoms with E-state index in [2.05, 4.69) is 0 Å². The zero-order chi connectivity index (χ0) is 28.0. The van der Waals surface area contributed by atoms with E-state index in [-0.39, 0.29) is 17.4 Å². The van der Waals surface area contributed by atoms with Crippen molar-refractivity contribution in [2.75, 3.05) is 7.11 Å². The molecule has 0 aliphatic carbocycles. The van der Waals surface area contributed by atoms with E-state index in [1.54, 1.807) is 47.0 Å². The van der Waals surface area contributed by atoms with Gasteiger partial charge in [-0.05, 0) is 79.4 Å². The molecule has 0 atom stereocenters. The fraction of sp³-hybridized carbons (Fsp3) is 0.290. The quantitative estimate of drug-likeness (QED) is 0.105. The predicted molar refractivity (Wildman–Crippen MR) is 147 cm³/mol. The molecule has 4 rings (SSSR count). The summed E-state index contributed by atoms with van der Waals surface area (Å²) in [6.07, 6.45) is 1.27. The molecule has 8 heteroatoms. The van der Waals surface area contributed by atoms with Crippen LogP contribution in [-0.2, 0) is 17.3 Å². The van der Waals surface area contributed by atoms with Crippen molar-refractivity contribution in [3.63, 3.8) is 0 Å². The number of halogens is 4. The van der Waals surface area contributed by atoms with Crippen molar-refractivity contribution in [2.45, 2.75) is 51.1 Å². The van der Waals surface area contributed by atoms with E-state index in [9.17, 15) is 22.8 Å². The summed E-state index contributed by atoms with van der Waals surface area (Å²) in [6.45, 7) is 0. The average Bonchev–Trinajstić information content (AvgIpc) is 3.30. The standard InChI is InChI=1S/C31H29ClF3NO3/c1-39-30(38)22-14-12-21(13-15-22)8-5-3-2-4-6-11-29(37)28-19-23-18-25(32)16-17-27(23)36(28)26-10-7-9-24(20-26)31(33,34)35/h7,9-10,12-20H,2-6,8,11H2,1H3. The van der Waals surface area contributed by atoms with Gasteiger partial charge in [-0.3, -0.25) is 4.79 Å². The van der Waals surface area contributed by atoms with Gasteiger partial charge in [-0.2, -0.15) is 13.2 Å². The molecule has 0 unspecified atom stereocenters. The van der Waals surface area contributed by atoms with E-state index in [1.807, 2.05) is 12.1 Å². The summed E-state index contributed by atoms with van der Waals surface area (Å²) >= 11 is 6.14. The van der Waals surface area contributed by atoms with Crippen LogP contribution < -0.4 is 0 Å². The summed E-state index contributed by atoms with van der Waals surface area (Å²) in [5, 5.41) is 1.19. The van der Waals surface area contributed by atoms with Crippen LogP contribution in [0.1, 0.15) is 70.5 Å². The molecule has 39 heavy (non-hydrogen) atoms. The number of benzene rings is 3. The van der Waals surface area contributed by atoms with Gasteiger partial charge in [0.2, 0.25) is 0 Å². The Hall–Kier alpha value is -3.58. The first kappa shape index (κ1) is 28.4. The Morgan fingerprint density at radius 3 is 2.31 bits per heavy atom. The number of fused-ring (bicyclic) bond motifs is 1. The summed E-state index contributed by atoms with van der Waals surface area (Å²) in [4.78, 5) is 24.8. The van der Waals surface area contributed by atoms with Gasteiger partial charge in [0.05, 0.1) is 29.4 Å². The normalized spacial score (nSPS) is 11.6. The number of carbonyl (C=O) groups excluding carboxylic acids is 2. The summed E-state index contributed by atoms with van der Waals surface area (Å²) in [7, 11) is 1.36. The minimum Gasteiger partial charge on any atom is -0.465 e. The molecule has 4 nitrogen and oxygen atoms in total. The van der Waals surface area contributed by atoms with Crippen LogP contribution in [0.5, 0.6) is 0 Å². The van der Waals surface area contributed by atoms with E-state index >= 15 is 0 Å². The van der Waals surface area contributed by atoms with Crippen LogP contribution in [0.15, 0.2) is 72.8 Å². The fourth-order valence-corrected chi connectivity index (χ4v) is 4.87. The first-order chi connectivity index (χ1) is 18.7. The molecule has 0 saturated heterocycles. The Labute approximate surface area is 230 Å². The van der Waals surface area contributed by atoms with Crippen LogP contribution >= 0.6 is 11.6 Å². The van der Waals surface area contributed by atoms with Crippen molar-refractivity contribution in [3.05, 3.63) is 100 Å². The molecule has 0 aliphatic heterocycles. The fourth-order valence-electron chi connectivity index (χ4n) is 4.69. The molecule has 0 N–H and O–H groups in total. The van der Waals surface area contributed by atoms with E-state index < -0.39 is 11.7 Å². The van der Waals surface area contributed by atoms with Gasteiger partial charge >= 0.3 is 12.1 Å². The Balaban J connectivity index is 1.35. The van der Waals surface area contributed by atoms with Crippen molar-refractivity contribution < 1.29 is 27.5 Å². The zero-order valence-electron chi connectivity index (χ0n) is 21.6. The molecule has 0 spiro atoms. The Bertz CT molecular complexity index is 1460. The van der Waals surface area contributed by atoms with Gasteiger partial charge in [0.25, 0.3) is 0 Å². The number of ketones is 1. The summed E-state index contributed by atoms with van der Waals surface area (Å²) < 4.78 is 46.4. The number of nitrogens with zero attached hydrogens (tertiary/aromatic N) is 1. The third-order valence-electron chi connectivity index (χ3n) is 6.73. The highest BCUT2D eigenvalue weighted by atomic mass is 35.5. The lowest BCUT2D eigenvalue weighted by Crippen LogP contribution is -2.10. The highest BCUT2D eigenvalue weighted by Gasteiger charge is 2.31. The molecule has 0 bridgehead atoms. The second-order valence-electron chi connectivity index (χ2n) is 9.50. The van der Waals surface area contributed by atoms with Crippen molar-refractivity contribution in [3.8, 4) is 5.69 Å². The Morgan fingerprint density at radius 1 is 0.872 bits per heavy atom. The topological polar surface area (TPSA) is 48.3 Å². The molecule has 0 fully saturated rings. The monoisotopic (exact) mass is 555 g/mol. The number of hydrogen-bond acceptors (Lipinski definition) is 3. The average molecular weight is 556 g/mol. The molecule has 1 heterocycles. The van der Waals surface area contributed by atoms with Crippen molar-refractivity contribution >= 4 is 34.3 Å². The van der Waals surface area contributed by atoms with Crippen LogP contribution in [0.2, 0.25) is 5.02 Å². The first-order valence-corrected chi connectivity index (χ1v) is 13.2. The minimum atomic E-state index is -4.49. The van der Waals surface area contributed by atoms with Gasteiger partial charge in [0.15, 0.2) is 5.78 Å². The number of alkyl halides is 3. The largest absolute Gasteiger partial charge is 0.465 e. The van der Waals surface area contributed by atoms with E-state index in [0.29, 0.717) is 40.0 Å². The smallest absolute Gasteiger partial charge is 0.416 e. The van der Waals surface area contributed by atoms with Gasteiger partial charge in [0, 0.05) is 22.5 Å². The lowest BCUT2D eigenvalue weighted by Gasteiger charge is -2.13. The third-order valence-corrected chi connectivity index (χ3v) is 6.96. The highest BCUT2D eigenvalue weighted by Crippen LogP contribution is 2.33. The van der Waals surface area contributed by atoms with Gasteiger partial charge in [0.1, 0.15) is 0 Å². The third kappa shape index (κ3) is 7.09. The molecule has 4 aromatic rings.